The largest absolute Gasteiger partial charge is 0.610 e. The number of rotatable bonds is 7. The fourth-order valence-corrected chi connectivity index (χ4v) is 1.84. The molecule has 0 heterocycles. The first-order valence-electron chi connectivity index (χ1n) is 7.08. The first-order valence-corrected chi connectivity index (χ1v) is 7.08. The van der Waals surface area contributed by atoms with Crippen molar-refractivity contribution in [3.05, 3.63) is 48.1 Å². The van der Waals surface area contributed by atoms with E-state index in [9.17, 15) is 5.11 Å². The van der Waals surface area contributed by atoms with Gasteiger partial charge in [-0.3, -0.25) is 0 Å². The van der Waals surface area contributed by atoms with E-state index in [4.69, 9.17) is 9.47 Å². The van der Waals surface area contributed by atoms with Gasteiger partial charge in [-0.15, -0.1) is 0 Å². The van der Waals surface area contributed by atoms with Crippen LogP contribution >= 0.6 is 0 Å². The standard InChI is InChI=1S/C17H24N2O3/c1-6-22-17(20)13-19(4)12-11-16(18(2)3)14-7-9-15(21-5)10-8-14/h7-13H,6H2,1-5H3/b17-13-. The van der Waals surface area contributed by atoms with Gasteiger partial charge in [-0.2, -0.15) is 0 Å². The molecule has 0 spiro atoms. The van der Waals surface area contributed by atoms with Crippen LogP contribution in [0.5, 0.6) is 5.75 Å². The van der Waals surface area contributed by atoms with Gasteiger partial charge < -0.3 is 19.5 Å². The van der Waals surface area contributed by atoms with Crippen molar-refractivity contribution in [3.8, 4) is 5.75 Å². The van der Waals surface area contributed by atoms with Gasteiger partial charge in [0, 0.05) is 25.9 Å². The fourth-order valence-electron chi connectivity index (χ4n) is 1.84. The molecule has 1 aromatic carbocycles. The lowest BCUT2D eigenvalue weighted by Crippen LogP contribution is -2.13. The van der Waals surface area contributed by atoms with Gasteiger partial charge in [-0.1, -0.05) is 6.92 Å². The highest BCUT2D eigenvalue weighted by atomic mass is 16.6. The molecular formula is C17H24N2O3. The molecule has 0 saturated heterocycles. The van der Waals surface area contributed by atoms with Gasteiger partial charge in [-0.25, -0.2) is 4.58 Å². The highest BCUT2D eigenvalue weighted by molar-refractivity contribution is 5.81. The number of hydrogen-bond acceptors (Lipinski definition) is 4. The molecule has 0 amide bonds. The second-order valence-corrected chi connectivity index (χ2v) is 4.87. The summed E-state index contributed by atoms with van der Waals surface area (Å²) in [4.78, 5) is 2.01. The Kier molecular flexibility index (Phi) is 7.02. The van der Waals surface area contributed by atoms with Crippen molar-refractivity contribution in [2.75, 3.05) is 34.9 Å². The van der Waals surface area contributed by atoms with Crippen molar-refractivity contribution in [1.29, 1.82) is 0 Å². The molecule has 0 saturated carbocycles. The number of methoxy groups -OCH3 is 1. The first-order chi connectivity index (χ1) is 10.5. The van der Waals surface area contributed by atoms with Crippen molar-refractivity contribution in [3.63, 3.8) is 0 Å². The lowest BCUT2D eigenvalue weighted by Gasteiger charge is -2.17. The summed E-state index contributed by atoms with van der Waals surface area (Å²) in [6.07, 6.45) is 5.16. The fraction of sp³-hybridized carbons (Fsp3) is 0.353. The van der Waals surface area contributed by atoms with Gasteiger partial charge in [-0.05, 0) is 36.4 Å². The van der Waals surface area contributed by atoms with Crippen molar-refractivity contribution < 1.29 is 19.2 Å². The van der Waals surface area contributed by atoms with Gasteiger partial charge in [0.05, 0.1) is 7.11 Å². The number of allylic oxidation sites excluding steroid dienone is 1. The number of benzene rings is 1. The van der Waals surface area contributed by atoms with Crippen molar-refractivity contribution in [1.82, 2.24) is 4.90 Å². The predicted molar refractivity (Wildman–Crippen MR) is 86.6 cm³/mol. The molecule has 0 aromatic heterocycles. The van der Waals surface area contributed by atoms with E-state index < -0.39 is 0 Å². The minimum atomic E-state index is -0.356. The Hall–Kier alpha value is -2.43. The molecule has 0 aliphatic heterocycles. The smallest absolute Gasteiger partial charge is 0.190 e. The SMILES string of the molecule is CCO\C([O-])=C/[N+](C)=C\C=C(/c1ccc(OC)cc1)N(C)C. The summed E-state index contributed by atoms with van der Waals surface area (Å²) in [6.45, 7) is 2.15. The maximum absolute atomic E-state index is 11.4. The summed E-state index contributed by atoms with van der Waals surface area (Å²) >= 11 is 0. The van der Waals surface area contributed by atoms with E-state index >= 15 is 0 Å². The van der Waals surface area contributed by atoms with E-state index in [2.05, 4.69) is 0 Å². The van der Waals surface area contributed by atoms with Crippen LogP contribution in [-0.4, -0.2) is 50.5 Å². The van der Waals surface area contributed by atoms with Gasteiger partial charge in [0.2, 0.25) is 0 Å². The molecule has 0 aliphatic carbocycles. The van der Waals surface area contributed by atoms with Gasteiger partial charge >= 0.3 is 0 Å². The molecule has 1 rings (SSSR count). The van der Waals surface area contributed by atoms with Crippen LogP contribution in [0.15, 0.2) is 42.5 Å². The number of nitrogens with zero attached hydrogens (tertiary/aromatic N) is 2. The summed E-state index contributed by atoms with van der Waals surface area (Å²) in [5.74, 6) is 0.462. The highest BCUT2D eigenvalue weighted by Crippen LogP contribution is 2.19. The molecule has 0 atom stereocenters. The number of hydrogen-bond donors (Lipinski definition) is 0. The van der Waals surface area contributed by atoms with Gasteiger partial charge in [0.1, 0.15) is 18.7 Å². The Morgan fingerprint density at radius 2 is 1.91 bits per heavy atom. The normalized spacial score (nSPS) is 13.0. The van der Waals surface area contributed by atoms with Crippen molar-refractivity contribution in [2.24, 2.45) is 0 Å². The summed E-state index contributed by atoms with van der Waals surface area (Å²) in [7, 11) is 7.37. The molecule has 0 bridgehead atoms. The third kappa shape index (κ3) is 5.52. The molecular weight excluding hydrogens is 280 g/mol. The van der Waals surface area contributed by atoms with Gasteiger partial charge in [0.15, 0.2) is 12.4 Å². The summed E-state index contributed by atoms with van der Waals surface area (Å²) < 4.78 is 11.7. The molecule has 0 radical (unpaired) electrons. The van der Waals surface area contributed by atoms with Gasteiger partial charge in [0.25, 0.3) is 0 Å². The lowest BCUT2D eigenvalue weighted by molar-refractivity contribution is -0.444. The second kappa shape index (κ2) is 8.77. The molecule has 1 aromatic rings. The monoisotopic (exact) mass is 304 g/mol. The predicted octanol–water partition coefficient (Wildman–Crippen LogP) is 1.51. The van der Waals surface area contributed by atoms with Crippen LogP contribution < -0.4 is 9.84 Å². The van der Waals surface area contributed by atoms with Crippen molar-refractivity contribution in [2.45, 2.75) is 6.92 Å². The zero-order valence-electron chi connectivity index (χ0n) is 13.9. The molecule has 120 valence electrons. The third-order valence-corrected chi connectivity index (χ3v) is 2.93. The van der Waals surface area contributed by atoms with E-state index in [1.54, 1.807) is 25.7 Å². The van der Waals surface area contributed by atoms with E-state index in [0.29, 0.717) is 6.61 Å². The Labute approximate surface area is 132 Å². The Morgan fingerprint density at radius 3 is 2.41 bits per heavy atom. The minimum Gasteiger partial charge on any atom is -0.610 e. The maximum atomic E-state index is 11.4. The first kappa shape index (κ1) is 17.6. The third-order valence-electron chi connectivity index (χ3n) is 2.93. The number of ether oxygens (including phenoxy) is 2. The minimum absolute atomic E-state index is 0.356. The molecule has 5 heteroatoms. The van der Waals surface area contributed by atoms with Crippen LogP contribution in [0, 0.1) is 0 Å². The van der Waals surface area contributed by atoms with E-state index in [0.717, 1.165) is 17.0 Å². The molecule has 0 aliphatic rings. The molecule has 0 N–H and O–H groups in total. The zero-order valence-corrected chi connectivity index (χ0v) is 13.9. The average molecular weight is 304 g/mol. The van der Waals surface area contributed by atoms with Crippen molar-refractivity contribution >= 4 is 11.9 Å². The molecule has 5 nitrogen and oxygen atoms in total. The molecule has 0 unspecified atom stereocenters. The highest BCUT2D eigenvalue weighted by Gasteiger charge is 2.04. The quantitative estimate of drug-likeness (QED) is 0.435. The summed E-state index contributed by atoms with van der Waals surface area (Å²) in [5, 5.41) is 11.4. The van der Waals surface area contributed by atoms with Crippen LogP contribution in [0.3, 0.4) is 0 Å². The zero-order chi connectivity index (χ0) is 16.5. The average Bonchev–Trinajstić information content (AvgIpc) is 2.48. The maximum Gasteiger partial charge on any atom is 0.190 e. The Morgan fingerprint density at radius 1 is 1.27 bits per heavy atom. The Bertz CT molecular complexity index is 558. The van der Waals surface area contributed by atoms with Crippen LogP contribution in [0.1, 0.15) is 12.5 Å². The van der Waals surface area contributed by atoms with Crippen LogP contribution in [-0.2, 0) is 4.74 Å². The topological polar surface area (TPSA) is 47.8 Å². The van der Waals surface area contributed by atoms with Crippen LogP contribution in [0.4, 0.5) is 0 Å². The van der Waals surface area contributed by atoms with Crippen LogP contribution in [0.2, 0.25) is 0 Å². The second-order valence-electron chi connectivity index (χ2n) is 4.87. The molecule has 22 heavy (non-hydrogen) atoms. The summed E-state index contributed by atoms with van der Waals surface area (Å²) in [6, 6.07) is 7.82. The van der Waals surface area contributed by atoms with E-state index in [1.165, 1.54) is 6.20 Å². The van der Waals surface area contributed by atoms with E-state index in [1.807, 2.05) is 55.6 Å². The lowest BCUT2D eigenvalue weighted by atomic mass is 10.1. The molecule has 0 fully saturated rings. The summed E-state index contributed by atoms with van der Waals surface area (Å²) in [5.41, 5.74) is 2.08. The van der Waals surface area contributed by atoms with Crippen LogP contribution in [0.25, 0.3) is 5.70 Å². The Balaban J connectivity index is 3.01. The van der Waals surface area contributed by atoms with E-state index in [-0.39, 0.29) is 5.95 Å².